The molecule has 0 aliphatic carbocycles. The van der Waals surface area contributed by atoms with Crippen LogP contribution in [0.4, 0.5) is 11.4 Å². The fraction of sp³-hybridized carbons (Fsp3) is 0.120. The minimum Gasteiger partial charge on any atom is -0.502 e. The van der Waals surface area contributed by atoms with Crippen LogP contribution in [0.15, 0.2) is 82.0 Å². The van der Waals surface area contributed by atoms with Crippen molar-refractivity contribution >= 4 is 62.0 Å². The van der Waals surface area contributed by atoms with Gasteiger partial charge in [-0.1, -0.05) is 70.2 Å². The highest BCUT2D eigenvalue weighted by Crippen LogP contribution is 2.32. The average Bonchev–Trinajstić information content (AvgIpc) is 3.29. The molecule has 0 radical (unpaired) electrons. The average molecular weight is 596 g/mol. The molecule has 13 heteroatoms. The van der Waals surface area contributed by atoms with E-state index in [2.05, 4.69) is 60.7 Å². The predicted molar refractivity (Wildman–Crippen MR) is 150 cm³/mol. The number of nitrogens with one attached hydrogen (secondary N) is 2. The highest BCUT2D eigenvalue weighted by atomic mass is 79.9. The standard InChI is InChI=1S/C25H22BrN7O4S/c1-2-10-32-22(14-27-20-9-5-7-16-6-3-4-8-19(16)20)29-31-25(32)38-15-23(34)30-28-13-17-11-18(26)12-21(24(17)35)33(36)37/h2-9,11-13,27,35H,1,10,14-15H2,(H,30,34)/b28-13+. The zero-order chi connectivity index (χ0) is 27.1. The summed E-state index contributed by atoms with van der Waals surface area (Å²) in [6.45, 7) is 4.69. The van der Waals surface area contributed by atoms with Crippen LogP contribution >= 0.6 is 27.7 Å². The van der Waals surface area contributed by atoms with Crippen molar-refractivity contribution in [2.24, 2.45) is 5.10 Å². The third-order valence-corrected chi connectivity index (χ3v) is 6.76. The van der Waals surface area contributed by atoms with Crippen molar-refractivity contribution in [1.29, 1.82) is 0 Å². The number of allylic oxidation sites excluding steroid dienone is 1. The number of phenolic OH excluding ortho intramolecular Hbond substituents is 1. The Labute approximate surface area is 229 Å². The summed E-state index contributed by atoms with van der Waals surface area (Å²) in [6.07, 6.45) is 2.86. The molecule has 194 valence electrons. The number of benzene rings is 3. The third-order valence-electron chi connectivity index (χ3n) is 5.34. The zero-order valence-corrected chi connectivity index (χ0v) is 22.3. The number of halogens is 1. The molecular weight excluding hydrogens is 574 g/mol. The molecule has 0 bridgehead atoms. The summed E-state index contributed by atoms with van der Waals surface area (Å²) in [4.78, 5) is 22.7. The topological polar surface area (TPSA) is 148 Å². The number of nitrogens with zero attached hydrogens (tertiary/aromatic N) is 5. The molecule has 1 heterocycles. The van der Waals surface area contributed by atoms with Crippen LogP contribution in [-0.4, -0.2) is 42.7 Å². The van der Waals surface area contributed by atoms with Crippen molar-refractivity contribution in [2.45, 2.75) is 18.2 Å². The second-order valence-corrected chi connectivity index (χ2v) is 9.74. The molecule has 0 saturated heterocycles. The van der Waals surface area contributed by atoms with Gasteiger partial charge < -0.3 is 15.0 Å². The maximum atomic E-state index is 12.3. The van der Waals surface area contributed by atoms with E-state index < -0.39 is 22.3 Å². The lowest BCUT2D eigenvalue weighted by Crippen LogP contribution is -2.20. The minimum absolute atomic E-state index is 0.00597. The number of aromatic nitrogens is 3. The van der Waals surface area contributed by atoms with Crippen molar-refractivity contribution in [2.75, 3.05) is 11.1 Å². The number of hydrazone groups is 1. The maximum absolute atomic E-state index is 12.3. The lowest BCUT2D eigenvalue weighted by molar-refractivity contribution is -0.385. The molecule has 0 saturated carbocycles. The summed E-state index contributed by atoms with van der Waals surface area (Å²) in [6, 6.07) is 16.7. The molecular formula is C25H22BrN7O4S. The van der Waals surface area contributed by atoms with E-state index in [0.717, 1.165) is 22.7 Å². The first-order chi connectivity index (χ1) is 18.4. The molecule has 0 aliphatic heterocycles. The first-order valence-electron chi connectivity index (χ1n) is 11.2. The summed E-state index contributed by atoms with van der Waals surface area (Å²) in [5.74, 6) is -0.300. The first kappa shape index (κ1) is 26.8. The summed E-state index contributed by atoms with van der Waals surface area (Å²) >= 11 is 4.33. The molecule has 0 atom stereocenters. The van der Waals surface area contributed by atoms with E-state index in [0.29, 0.717) is 28.5 Å². The van der Waals surface area contributed by atoms with E-state index in [1.54, 1.807) is 6.08 Å². The molecule has 4 aromatic rings. The van der Waals surface area contributed by atoms with Crippen molar-refractivity contribution in [3.8, 4) is 5.75 Å². The van der Waals surface area contributed by atoms with Crippen molar-refractivity contribution < 1.29 is 14.8 Å². The zero-order valence-electron chi connectivity index (χ0n) is 19.9. The minimum atomic E-state index is -0.710. The van der Waals surface area contributed by atoms with Crippen LogP contribution in [-0.2, 0) is 17.9 Å². The van der Waals surface area contributed by atoms with E-state index in [1.165, 1.54) is 23.9 Å². The van der Waals surface area contributed by atoms with Gasteiger partial charge in [-0.2, -0.15) is 5.10 Å². The normalized spacial score (nSPS) is 11.1. The number of rotatable bonds is 11. The van der Waals surface area contributed by atoms with Gasteiger partial charge in [0.2, 0.25) is 5.75 Å². The van der Waals surface area contributed by atoms with Crippen LogP contribution in [0.1, 0.15) is 11.4 Å². The number of anilines is 1. The van der Waals surface area contributed by atoms with Gasteiger partial charge in [-0.25, -0.2) is 5.43 Å². The summed E-state index contributed by atoms with van der Waals surface area (Å²) in [5, 5.41) is 39.6. The molecule has 38 heavy (non-hydrogen) atoms. The van der Waals surface area contributed by atoms with Crippen LogP contribution in [0.5, 0.6) is 5.75 Å². The fourth-order valence-corrected chi connectivity index (χ4v) is 4.82. The number of thioether (sulfide) groups is 1. The van der Waals surface area contributed by atoms with Crippen molar-refractivity contribution in [3.05, 3.63) is 93.2 Å². The van der Waals surface area contributed by atoms with Gasteiger partial charge in [0.05, 0.1) is 23.4 Å². The molecule has 1 aromatic heterocycles. The van der Waals surface area contributed by atoms with E-state index in [-0.39, 0.29) is 11.3 Å². The van der Waals surface area contributed by atoms with Gasteiger partial charge in [0.25, 0.3) is 5.91 Å². The number of fused-ring (bicyclic) bond motifs is 1. The van der Waals surface area contributed by atoms with E-state index in [1.807, 2.05) is 34.9 Å². The highest BCUT2D eigenvalue weighted by molar-refractivity contribution is 9.10. The SMILES string of the molecule is C=CCn1c(CNc2cccc3ccccc23)nnc1SCC(=O)N/N=C/c1cc(Br)cc([N+](=O)[O-])c1O. The van der Waals surface area contributed by atoms with Gasteiger partial charge in [-0.3, -0.25) is 14.9 Å². The van der Waals surface area contributed by atoms with Crippen LogP contribution in [0.3, 0.4) is 0 Å². The second-order valence-electron chi connectivity index (χ2n) is 7.88. The Bertz CT molecular complexity index is 1530. The number of aromatic hydroxyl groups is 1. The molecule has 4 rings (SSSR count). The predicted octanol–water partition coefficient (Wildman–Crippen LogP) is 4.85. The third kappa shape index (κ3) is 6.36. The number of phenols is 1. The Morgan fingerprint density at radius 1 is 1.24 bits per heavy atom. The number of nitro groups is 1. The summed E-state index contributed by atoms with van der Waals surface area (Å²) in [7, 11) is 0. The molecule has 11 nitrogen and oxygen atoms in total. The molecule has 3 aromatic carbocycles. The van der Waals surface area contributed by atoms with E-state index in [9.17, 15) is 20.0 Å². The lowest BCUT2D eigenvalue weighted by atomic mass is 10.1. The van der Waals surface area contributed by atoms with Gasteiger partial charge in [0.15, 0.2) is 11.0 Å². The van der Waals surface area contributed by atoms with Crippen LogP contribution in [0.25, 0.3) is 10.8 Å². The number of nitro benzene ring substituents is 1. The van der Waals surface area contributed by atoms with Gasteiger partial charge in [-0.05, 0) is 17.5 Å². The summed E-state index contributed by atoms with van der Waals surface area (Å²) < 4.78 is 2.25. The fourth-order valence-electron chi connectivity index (χ4n) is 3.60. The van der Waals surface area contributed by atoms with Crippen molar-refractivity contribution in [3.63, 3.8) is 0 Å². The Balaban J connectivity index is 1.38. The number of carbonyl (C=O) groups excluding carboxylic acids is 1. The molecule has 0 spiro atoms. The quantitative estimate of drug-likeness (QED) is 0.0732. The molecule has 0 aliphatic rings. The van der Waals surface area contributed by atoms with Crippen LogP contribution < -0.4 is 10.7 Å². The Hall–Kier alpha value is -4.23. The van der Waals surface area contributed by atoms with E-state index >= 15 is 0 Å². The number of carbonyl (C=O) groups is 1. The van der Waals surface area contributed by atoms with E-state index in [4.69, 9.17) is 0 Å². The Kier molecular flexibility index (Phi) is 8.71. The van der Waals surface area contributed by atoms with Crippen molar-refractivity contribution in [1.82, 2.24) is 20.2 Å². The highest BCUT2D eigenvalue weighted by Gasteiger charge is 2.18. The smallest absolute Gasteiger partial charge is 0.312 e. The molecule has 0 unspecified atom stereocenters. The maximum Gasteiger partial charge on any atom is 0.312 e. The number of hydrogen-bond donors (Lipinski definition) is 3. The summed E-state index contributed by atoms with van der Waals surface area (Å²) in [5.41, 5.74) is 2.92. The first-order valence-corrected chi connectivity index (χ1v) is 13.0. The monoisotopic (exact) mass is 595 g/mol. The Morgan fingerprint density at radius 2 is 2.03 bits per heavy atom. The van der Waals surface area contributed by atoms with Gasteiger partial charge >= 0.3 is 5.69 Å². The van der Waals surface area contributed by atoms with Gasteiger partial charge in [-0.15, -0.1) is 16.8 Å². The van der Waals surface area contributed by atoms with Crippen LogP contribution in [0.2, 0.25) is 0 Å². The number of hydrogen-bond acceptors (Lipinski definition) is 9. The van der Waals surface area contributed by atoms with Gasteiger partial charge in [0, 0.05) is 33.7 Å². The van der Waals surface area contributed by atoms with Crippen LogP contribution in [0, 0.1) is 10.1 Å². The largest absolute Gasteiger partial charge is 0.502 e. The Morgan fingerprint density at radius 3 is 2.82 bits per heavy atom. The van der Waals surface area contributed by atoms with Gasteiger partial charge in [0.1, 0.15) is 0 Å². The molecule has 1 amide bonds. The number of amides is 1. The molecule has 3 N–H and O–H groups in total. The molecule has 0 fully saturated rings. The second kappa shape index (κ2) is 12.3. The lowest BCUT2D eigenvalue weighted by Gasteiger charge is -2.11.